The van der Waals surface area contributed by atoms with E-state index in [1.165, 1.54) is 25.5 Å². The zero-order valence-corrected chi connectivity index (χ0v) is 16.8. The van der Waals surface area contributed by atoms with Gasteiger partial charge in [0.1, 0.15) is 0 Å². The smallest absolute Gasteiger partial charge is 0.328 e. The van der Waals surface area contributed by atoms with E-state index in [1.807, 2.05) is 11.8 Å². The molecule has 28 heavy (non-hydrogen) atoms. The highest BCUT2D eigenvalue weighted by atomic mass is 32.2. The van der Waals surface area contributed by atoms with Crippen LogP contribution in [0.5, 0.6) is 0 Å². The summed E-state index contributed by atoms with van der Waals surface area (Å²) in [5.74, 6) is 1.79. The highest BCUT2D eigenvalue weighted by Gasteiger charge is 2.14. The average molecular weight is 395 g/mol. The van der Waals surface area contributed by atoms with Gasteiger partial charge in [0.05, 0.1) is 6.33 Å². The first kappa shape index (κ1) is 18.6. The van der Waals surface area contributed by atoms with Gasteiger partial charge in [0.15, 0.2) is 11.2 Å². The quantitative estimate of drug-likeness (QED) is 0.472. The first-order valence-corrected chi connectivity index (χ1v) is 10.4. The van der Waals surface area contributed by atoms with Gasteiger partial charge in [0.2, 0.25) is 0 Å². The molecule has 0 N–H and O–H groups in total. The van der Waals surface area contributed by atoms with Crippen LogP contribution in [0.4, 0.5) is 0 Å². The first-order valence-electron chi connectivity index (χ1n) is 9.23. The van der Waals surface area contributed by atoms with E-state index in [1.54, 1.807) is 25.0 Å². The Morgan fingerprint density at radius 3 is 2.68 bits per heavy atom. The van der Waals surface area contributed by atoms with Gasteiger partial charge in [-0.05, 0) is 28.5 Å². The average Bonchev–Trinajstić information content (AvgIpc) is 3.10. The van der Waals surface area contributed by atoms with Gasteiger partial charge in [0, 0.05) is 26.4 Å². The Kier molecular flexibility index (Phi) is 5.09. The Balaban J connectivity index is 1.44. The van der Waals surface area contributed by atoms with Crippen molar-refractivity contribution in [3.05, 3.63) is 75.2 Å². The summed E-state index contributed by atoms with van der Waals surface area (Å²) in [5, 5.41) is 2.53. The summed E-state index contributed by atoms with van der Waals surface area (Å²) in [4.78, 5) is 29.4. The minimum absolute atomic E-state index is 0.267. The third-order valence-corrected chi connectivity index (χ3v) is 6.10. The highest BCUT2D eigenvalue weighted by Crippen LogP contribution is 2.23. The number of thioether (sulfide) groups is 1. The number of imidazole rings is 1. The maximum atomic E-state index is 12.7. The molecule has 2 heterocycles. The zero-order valence-electron chi connectivity index (χ0n) is 16.0. The summed E-state index contributed by atoms with van der Waals surface area (Å²) in [5.41, 5.74) is 1.63. The minimum Gasteiger partial charge on any atom is -0.328 e. The molecule has 0 aliphatic heterocycles. The molecule has 6 nitrogen and oxygen atoms in total. The summed E-state index contributed by atoms with van der Waals surface area (Å²) in [7, 11) is 3.43. The Morgan fingerprint density at radius 2 is 1.82 bits per heavy atom. The maximum absolute atomic E-state index is 12.7. The standard InChI is InChI=1S/C21H22N4O2S/c1-23-14-22-19-18(23)20(26)25(21(27)24(19)2)11-6-12-28-13-16-9-5-8-15-7-3-4-10-17(15)16/h3-5,7-10,14H,6,11-13H2,1-2H3. The van der Waals surface area contributed by atoms with Crippen molar-refractivity contribution < 1.29 is 0 Å². The number of nitrogens with zero attached hydrogens (tertiary/aromatic N) is 4. The van der Waals surface area contributed by atoms with Gasteiger partial charge in [-0.15, -0.1) is 0 Å². The van der Waals surface area contributed by atoms with Gasteiger partial charge in [0.25, 0.3) is 5.56 Å². The number of rotatable bonds is 6. The third-order valence-electron chi connectivity index (χ3n) is 5.01. The lowest BCUT2D eigenvalue weighted by atomic mass is 10.1. The molecular weight excluding hydrogens is 372 g/mol. The second-order valence-corrected chi connectivity index (χ2v) is 7.98. The monoisotopic (exact) mass is 394 g/mol. The number of hydrogen-bond acceptors (Lipinski definition) is 4. The lowest BCUT2D eigenvalue weighted by Crippen LogP contribution is -2.39. The van der Waals surface area contributed by atoms with Crippen molar-refractivity contribution >= 4 is 33.7 Å². The second-order valence-electron chi connectivity index (χ2n) is 6.87. The summed E-state index contributed by atoms with van der Waals surface area (Å²) in [6, 6.07) is 14.8. The third kappa shape index (κ3) is 3.26. The summed E-state index contributed by atoms with van der Waals surface area (Å²) in [6.07, 6.45) is 2.32. The molecule has 144 valence electrons. The van der Waals surface area contributed by atoms with E-state index in [0.717, 1.165) is 17.9 Å². The van der Waals surface area contributed by atoms with Crippen LogP contribution in [0.1, 0.15) is 12.0 Å². The SMILES string of the molecule is Cn1cnc2c1c(=O)n(CCCSCc1cccc3ccccc13)c(=O)n2C. The second kappa shape index (κ2) is 7.67. The van der Waals surface area contributed by atoms with Crippen molar-refractivity contribution in [2.75, 3.05) is 5.75 Å². The molecule has 0 aliphatic rings. The van der Waals surface area contributed by atoms with Crippen LogP contribution in [-0.2, 0) is 26.4 Å². The van der Waals surface area contributed by atoms with Gasteiger partial charge >= 0.3 is 5.69 Å². The van der Waals surface area contributed by atoms with Gasteiger partial charge in [-0.3, -0.25) is 13.9 Å². The number of hydrogen-bond donors (Lipinski definition) is 0. The van der Waals surface area contributed by atoms with Crippen molar-refractivity contribution in [1.82, 2.24) is 18.7 Å². The molecule has 0 saturated carbocycles. The Morgan fingerprint density at radius 1 is 1.04 bits per heavy atom. The van der Waals surface area contributed by atoms with Crippen molar-refractivity contribution in [1.29, 1.82) is 0 Å². The van der Waals surface area contributed by atoms with E-state index in [0.29, 0.717) is 17.7 Å². The first-order chi connectivity index (χ1) is 13.6. The summed E-state index contributed by atoms with van der Waals surface area (Å²) in [6.45, 7) is 0.412. The fourth-order valence-electron chi connectivity index (χ4n) is 3.52. The number of aryl methyl sites for hydroxylation is 2. The summed E-state index contributed by atoms with van der Waals surface area (Å²) >= 11 is 1.82. The lowest BCUT2D eigenvalue weighted by Gasteiger charge is -2.09. The molecule has 0 aliphatic carbocycles. The molecule has 0 saturated heterocycles. The molecule has 0 spiro atoms. The van der Waals surface area contributed by atoms with E-state index in [2.05, 4.69) is 47.4 Å². The summed E-state index contributed by atoms with van der Waals surface area (Å²) < 4.78 is 4.44. The van der Waals surface area contributed by atoms with Crippen LogP contribution in [0.25, 0.3) is 21.9 Å². The molecule has 4 aromatic rings. The van der Waals surface area contributed by atoms with Crippen LogP contribution in [0.3, 0.4) is 0 Å². The number of benzene rings is 2. The Hall–Kier alpha value is -2.80. The molecule has 2 aromatic carbocycles. The Bertz CT molecular complexity index is 1260. The van der Waals surface area contributed by atoms with Crippen LogP contribution in [-0.4, -0.2) is 24.4 Å². The van der Waals surface area contributed by atoms with E-state index in [4.69, 9.17) is 0 Å². The predicted octanol–water partition coefficient (Wildman–Crippen LogP) is 2.91. The highest BCUT2D eigenvalue weighted by molar-refractivity contribution is 7.98. The van der Waals surface area contributed by atoms with Crippen molar-refractivity contribution in [2.24, 2.45) is 14.1 Å². The van der Waals surface area contributed by atoms with Gasteiger partial charge in [-0.2, -0.15) is 11.8 Å². The topological polar surface area (TPSA) is 61.8 Å². The predicted molar refractivity (Wildman–Crippen MR) is 115 cm³/mol. The molecule has 0 fully saturated rings. The fraction of sp³-hybridized carbons (Fsp3) is 0.286. The molecule has 0 atom stereocenters. The molecule has 0 amide bonds. The molecule has 0 bridgehead atoms. The normalized spacial score (nSPS) is 11.5. The van der Waals surface area contributed by atoms with Crippen LogP contribution in [0.15, 0.2) is 58.4 Å². The van der Waals surface area contributed by atoms with Crippen LogP contribution >= 0.6 is 11.8 Å². The zero-order chi connectivity index (χ0) is 19.7. The Labute approximate surface area is 166 Å². The van der Waals surface area contributed by atoms with E-state index in [9.17, 15) is 9.59 Å². The fourth-order valence-corrected chi connectivity index (χ4v) is 4.47. The molecular formula is C21H22N4O2S. The number of fused-ring (bicyclic) bond motifs is 2. The van der Waals surface area contributed by atoms with Crippen LogP contribution in [0, 0.1) is 0 Å². The van der Waals surface area contributed by atoms with Crippen molar-refractivity contribution in [3.8, 4) is 0 Å². The molecule has 2 aromatic heterocycles. The largest absolute Gasteiger partial charge is 0.332 e. The van der Waals surface area contributed by atoms with Crippen LogP contribution in [0.2, 0.25) is 0 Å². The minimum atomic E-state index is -0.310. The molecule has 0 radical (unpaired) electrons. The van der Waals surface area contributed by atoms with Gasteiger partial charge < -0.3 is 4.57 Å². The van der Waals surface area contributed by atoms with E-state index in [-0.39, 0.29) is 11.2 Å². The molecule has 0 unspecified atom stereocenters. The van der Waals surface area contributed by atoms with E-state index >= 15 is 0 Å². The van der Waals surface area contributed by atoms with Crippen LogP contribution < -0.4 is 11.2 Å². The number of aromatic nitrogens is 4. The van der Waals surface area contributed by atoms with Crippen molar-refractivity contribution in [3.63, 3.8) is 0 Å². The lowest BCUT2D eigenvalue weighted by molar-refractivity contribution is 0.594. The van der Waals surface area contributed by atoms with Gasteiger partial charge in [-0.1, -0.05) is 42.5 Å². The van der Waals surface area contributed by atoms with Gasteiger partial charge in [-0.25, -0.2) is 9.78 Å². The van der Waals surface area contributed by atoms with E-state index < -0.39 is 0 Å². The molecule has 7 heteroatoms. The molecule has 4 rings (SSSR count). The van der Waals surface area contributed by atoms with Crippen molar-refractivity contribution in [2.45, 2.75) is 18.7 Å². The maximum Gasteiger partial charge on any atom is 0.332 e.